The molecule has 0 amide bonds. The first-order valence-electron chi connectivity index (χ1n) is 6.49. The first-order valence-corrected chi connectivity index (χ1v) is 7.97. The molecule has 0 radical (unpaired) electrons. The van der Waals surface area contributed by atoms with Gasteiger partial charge in [-0.3, -0.25) is 0 Å². The third kappa shape index (κ3) is 4.03. The van der Waals surface area contributed by atoms with Crippen molar-refractivity contribution < 1.29 is 12.8 Å². The predicted molar refractivity (Wildman–Crippen MR) is 80.9 cm³/mol. The van der Waals surface area contributed by atoms with Crippen LogP contribution in [-0.2, 0) is 16.4 Å². The number of rotatable bonds is 5. The fourth-order valence-electron chi connectivity index (χ4n) is 2.03. The Morgan fingerprint density at radius 3 is 2.57 bits per heavy atom. The summed E-state index contributed by atoms with van der Waals surface area (Å²) in [5.74, 6) is -0.672. The second-order valence-corrected chi connectivity index (χ2v) is 6.56. The van der Waals surface area contributed by atoms with Gasteiger partial charge in [0, 0.05) is 12.2 Å². The molecule has 0 bridgehead atoms. The van der Waals surface area contributed by atoms with Crippen molar-refractivity contribution >= 4 is 15.7 Å². The van der Waals surface area contributed by atoms with Crippen LogP contribution in [0.3, 0.4) is 0 Å². The third-order valence-electron chi connectivity index (χ3n) is 3.15. The van der Waals surface area contributed by atoms with Crippen LogP contribution >= 0.6 is 0 Å². The van der Waals surface area contributed by atoms with E-state index in [9.17, 15) is 12.8 Å². The number of nitrogen functional groups attached to an aromatic ring is 1. The van der Waals surface area contributed by atoms with Crippen molar-refractivity contribution in [1.82, 2.24) is 4.72 Å². The first kappa shape index (κ1) is 15.5. The van der Waals surface area contributed by atoms with Gasteiger partial charge in [-0.2, -0.15) is 0 Å². The number of aryl methyl sites for hydroxylation is 1. The van der Waals surface area contributed by atoms with Crippen LogP contribution in [0.5, 0.6) is 0 Å². The van der Waals surface area contributed by atoms with Gasteiger partial charge in [0.15, 0.2) is 0 Å². The minimum absolute atomic E-state index is 0.0780. The van der Waals surface area contributed by atoms with E-state index in [0.717, 1.165) is 23.3 Å². The van der Waals surface area contributed by atoms with Gasteiger partial charge in [0.1, 0.15) is 5.82 Å². The molecule has 0 aliphatic heterocycles. The molecule has 0 aliphatic rings. The van der Waals surface area contributed by atoms with Crippen LogP contribution in [0.2, 0.25) is 0 Å². The highest BCUT2D eigenvalue weighted by Crippen LogP contribution is 2.16. The average molecular weight is 308 g/mol. The molecule has 21 heavy (non-hydrogen) atoms. The number of benzene rings is 2. The van der Waals surface area contributed by atoms with Crippen molar-refractivity contribution in [3.63, 3.8) is 0 Å². The molecule has 0 unspecified atom stereocenters. The lowest BCUT2D eigenvalue weighted by Gasteiger charge is -2.09. The number of halogens is 1. The number of nitrogens with one attached hydrogen (secondary N) is 1. The molecule has 0 fully saturated rings. The first-order chi connectivity index (χ1) is 9.88. The molecule has 0 aliphatic carbocycles. The van der Waals surface area contributed by atoms with Crippen LogP contribution in [0.1, 0.15) is 11.1 Å². The summed E-state index contributed by atoms with van der Waals surface area (Å²) in [6, 6.07) is 11.0. The fraction of sp³-hybridized carbons (Fsp3) is 0.200. The second-order valence-electron chi connectivity index (χ2n) is 4.79. The van der Waals surface area contributed by atoms with Crippen LogP contribution in [0, 0.1) is 12.7 Å². The Bertz CT molecular complexity index is 725. The summed E-state index contributed by atoms with van der Waals surface area (Å²) in [5.41, 5.74) is 7.71. The highest BCUT2D eigenvalue weighted by atomic mass is 32.2. The Kier molecular flexibility index (Phi) is 4.59. The topological polar surface area (TPSA) is 72.2 Å². The molecule has 0 spiro atoms. The maximum absolute atomic E-state index is 13.2. The largest absolute Gasteiger partial charge is 0.399 e. The molecule has 4 nitrogen and oxygen atoms in total. The lowest BCUT2D eigenvalue weighted by molar-refractivity contribution is 0.578. The number of sulfonamides is 1. The molecule has 2 aromatic rings. The van der Waals surface area contributed by atoms with Crippen molar-refractivity contribution in [3.8, 4) is 0 Å². The van der Waals surface area contributed by atoms with Gasteiger partial charge in [-0.05, 0) is 42.7 Å². The Labute approximate surface area is 123 Å². The van der Waals surface area contributed by atoms with E-state index in [2.05, 4.69) is 4.72 Å². The van der Waals surface area contributed by atoms with Gasteiger partial charge in [0.05, 0.1) is 4.90 Å². The van der Waals surface area contributed by atoms with Crippen molar-refractivity contribution in [2.45, 2.75) is 18.2 Å². The Hall–Kier alpha value is -1.92. The van der Waals surface area contributed by atoms with E-state index in [1.165, 1.54) is 6.07 Å². The third-order valence-corrected chi connectivity index (χ3v) is 4.59. The van der Waals surface area contributed by atoms with Gasteiger partial charge in [-0.15, -0.1) is 0 Å². The summed E-state index contributed by atoms with van der Waals surface area (Å²) >= 11 is 0. The number of nitrogens with two attached hydrogens (primary N) is 1. The number of hydrogen-bond donors (Lipinski definition) is 2. The van der Waals surface area contributed by atoms with Crippen LogP contribution < -0.4 is 10.5 Å². The molecule has 2 aromatic carbocycles. The zero-order valence-corrected chi connectivity index (χ0v) is 12.5. The molecule has 2 rings (SSSR count). The SMILES string of the molecule is Cc1ccccc1CCNS(=O)(=O)c1cc(N)cc(F)c1. The van der Waals surface area contributed by atoms with Crippen LogP contribution in [0.4, 0.5) is 10.1 Å². The van der Waals surface area contributed by atoms with Crippen LogP contribution in [0.25, 0.3) is 0 Å². The molecular weight excluding hydrogens is 291 g/mol. The zero-order chi connectivity index (χ0) is 15.5. The number of hydrogen-bond acceptors (Lipinski definition) is 3. The molecule has 0 heterocycles. The van der Waals surface area contributed by atoms with E-state index in [-0.39, 0.29) is 17.1 Å². The maximum atomic E-state index is 13.2. The van der Waals surface area contributed by atoms with Gasteiger partial charge in [0.25, 0.3) is 0 Å². The average Bonchev–Trinajstić information content (AvgIpc) is 2.40. The van der Waals surface area contributed by atoms with Gasteiger partial charge in [-0.1, -0.05) is 24.3 Å². The van der Waals surface area contributed by atoms with E-state index >= 15 is 0 Å². The molecular formula is C15H17FN2O2S. The van der Waals surface area contributed by atoms with E-state index in [0.29, 0.717) is 6.42 Å². The Morgan fingerprint density at radius 1 is 1.19 bits per heavy atom. The number of anilines is 1. The van der Waals surface area contributed by atoms with Gasteiger partial charge >= 0.3 is 0 Å². The molecule has 3 N–H and O–H groups in total. The summed E-state index contributed by atoms with van der Waals surface area (Å²) in [6.07, 6.45) is 0.566. The van der Waals surface area contributed by atoms with E-state index in [1.807, 2.05) is 31.2 Å². The Balaban J connectivity index is 2.06. The quantitative estimate of drug-likeness (QED) is 0.832. The molecule has 0 saturated carbocycles. The fourth-order valence-corrected chi connectivity index (χ4v) is 3.13. The minimum Gasteiger partial charge on any atom is -0.399 e. The smallest absolute Gasteiger partial charge is 0.240 e. The molecule has 0 aromatic heterocycles. The van der Waals surface area contributed by atoms with Crippen molar-refractivity contribution in [2.75, 3.05) is 12.3 Å². The van der Waals surface area contributed by atoms with E-state index < -0.39 is 15.8 Å². The molecule has 6 heteroatoms. The minimum atomic E-state index is -3.76. The lowest BCUT2D eigenvalue weighted by Crippen LogP contribution is -2.26. The highest BCUT2D eigenvalue weighted by molar-refractivity contribution is 7.89. The van der Waals surface area contributed by atoms with Crippen molar-refractivity contribution in [3.05, 3.63) is 59.4 Å². The van der Waals surface area contributed by atoms with Crippen molar-refractivity contribution in [1.29, 1.82) is 0 Å². The summed E-state index contributed by atoms with van der Waals surface area (Å²) in [4.78, 5) is -0.162. The summed E-state index contributed by atoms with van der Waals surface area (Å²) < 4.78 is 39.8. The Morgan fingerprint density at radius 2 is 1.90 bits per heavy atom. The van der Waals surface area contributed by atoms with E-state index in [1.54, 1.807) is 0 Å². The summed E-state index contributed by atoms with van der Waals surface area (Å²) in [7, 11) is -3.76. The van der Waals surface area contributed by atoms with Crippen LogP contribution in [-0.4, -0.2) is 15.0 Å². The van der Waals surface area contributed by atoms with Gasteiger partial charge < -0.3 is 5.73 Å². The normalized spacial score (nSPS) is 11.5. The van der Waals surface area contributed by atoms with Crippen molar-refractivity contribution in [2.24, 2.45) is 0 Å². The highest BCUT2D eigenvalue weighted by Gasteiger charge is 2.15. The summed E-state index contributed by atoms with van der Waals surface area (Å²) in [6.45, 7) is 2.21. The summed E-state index contributed by atoms with van der Waals surface area (Å²) in [5, 5.41) is 0. The van der Waals surface area contributed by atoms with Crippen LogP contribution in [0.15, 0.2) is 47.4 Å². The zero-order valence-electron chi connectivity index (χ0n) is 11.6. The van der Waals surface area contributed by atoms with Gasteiger partial charge in [0.2, 0.25) is 10.0 Å². The molecule has 0 saturated heterocycles. The monoisotopic (exact) mass is 308 g/mol. The molecule has 112 valence electrons. The lowest BCUT2D eigenvalue weighted by atomic mass is 10.1. The predicted octanol–water partition coefficient (Wildman–Crippen LogP) is 2.24. The van der Waals surface area contributed by atoms with Gasteiger partial charge in [-0.25, -0.2) is 17.5 Å². The maximum Gasteiger partial charge on any atom is 0.240 e. The molecule has 0 atom stereocenters. The van der Waals surface area contributed by atoms with E-state index in [4.69, 9.17) is 5.73 Å². The second kappa shape index (κ2) is 6.24. The standard InChI is InChI=1S/C15H17FN2O2S/c1-11-4-2-3-5-12(11)6-7-18-21(19,20)15-9-13(16)8-14(17)10-15/h2-5,8-10,18H,6-7,17H2,1H3.